The SMILES string of the molecule is COC(=N)CCOCCSSCCOCCC(=N)OC.Cl.Cl. The molecule has 0 radical (unpaired) electrons. The van der Waals surface area contributed by atoms with E-state index in [1.807, 2.05) is 0 Å². The number of methoxy groups -OCH3 is 2. The van der Waals surface area contributed by atoms with Crippen LogP contribution in [0.25, 0.3) is 0 Å². The molecule has 0 heterocycles. The van der Waals surface area contributed by atoms with Crippen molar-refractivity contribution < 1.29 is 18.9 Å². The second kappa shape index (κ2) is 21.1. The topological polar surface area (TPSA) is 84.6 Å². The van der Waals surface area contributed by atoms with Gasteiger partial charge in [-0.05, 0) is 0 Å². The molecule has 0 aliphatic heterocycles. The average molecular weight is 397 g/mol. The molecule has 0 aromatic rings. The molecule has 0 spiro atoms. The van der Waals surface area contributed by atoms with Crippen molar-refractivity contribution in [1.29, 1.82) is 10.8 Å². The molecular formula is C12H26Cl2N2O4S2. The van der Waals surface area contributed by atoms with Crippen LogP contribution in [-0.4, -0.2) is 63.9 Å². The lowest BCUT2D eigenvalue weighted by Crippen LogP contribution is -2.07. The number of hydrogen-bond acceptors (Lipinski definition) is 8. The highest BCUT2D eigenvalue weighted by Gasteiger charge is 1.97. The van der Waals surface area contributed by atoms with Crippen molar-refractivity contribution in [3.8, 4) is 0 Å². The van der Waals surface area contributed by atoms with Gasteiger partial charge in [0, 0.05) is 24.3 Å². The Labute approximate surface area is 153 Å². The summed E-state index contributed by atoms with van der Waals surface area (Å²) in [5.74, 6) is 2.34. The van der Waals surface area contributed by atoms with E-state index in [1.54, 1.807) is 21.6 Å². The average Bonchev–Trinajstić information content (AvgIpc) is 2.47. The van der Waals surface area contributed by atoms with E-state index < -0.39 is 0 Å². The Morgan fingerprint density at radius 3 is 1.41 bits per heavy atom. The normalized spacial score (nSPS) is 9.36. The maximum absolute atomic E-state index is 7.26. The summed E-state index contributed by atoms with van der Waals surface area (Å²) in [6, 6.07) is 0. The quantitative estimate of drug-likeness (QED) is 0.215. The Morgan fingerprint density at radius 1 is 0.727 bits per heavy atom. The first-order valence-corrected chi connectivity index (χ1v) is 8.82. The van der Waals surface area contributed by atoms with Gasteiger partial charge in [-0.25, -0.2) is 0 Å². The molecule has 0 atom stereocenters. The summed E-state index contributed by atoms with van der Waals surface area (Å²) in [5.41, 5.74) is 0. The van der Waals surface area contributed by atoms with Crippen molar-refractivity contribution >= 4 is 58.2 Å². The van der Waals surface area contributed by atoms with Gasteiger partial charge in [0.25, 0.3) is 0 Å². The summed E-state index contributed by atoms with van der Waals surface area (Å²) in [7, 11) is 6.48. The van der Waals surface area contributed by atoms with Crippen LogP contribution < -0.4 is 0 Å². The second-order valence-electron chi connectivity index (χ2n) is 3.62. The molecule has 2 N–H and O–H groups in total. The van der Waals surface area contributed by atoms with Gasteiger partial charge in [-0.15, -0.1) is 24.8 Å². The van der Waals surface area contributed by atoms with Crippen LogP contribution >= 0.6 is 46.4 Å². The van der Waals surface area contributed by atoms with E-state index in [0.29, 0.717) is 39.3 Å². The Hall–Kier alpha value is 0.140. The molecule has 134 valence electrons. The first-order valence-electron chi connectivity index (χ1n) is 6.33. The first-order chi connectivity index (χ1) is 9.70. The highest BCUT2D eigenvalue weighted by molar-refractivity contribution is 8.76. The molecule has 0 aliphatic rings. The van der Waals surface area contributed by atoms with Gasteiger partial charge in [0.05, 0.1) is 40.6 Å². The molecule has 0 rings (SSSR count). The molecule has 0 saturated carbocycles. The maximum atomic E-state index is 7.26. The molecular weight excluding hydrogens is 371 g/mol. The van der Waals surface area contributed by atoms with E-state index in [2.05, 4.69) is 0 Å². The van der Waals surface area contributed by atoms with Gasteiger partial charge in [0.2, 0.25) is 0 Å². The predicted octanol–water partition coefficient (Wildman–Crippen LogP) is 3.27. The third-order valence-corrected chi connectivity index (χ3v) is 4.48. The summed E-state index contributed by atoms with van der Waals surface area (Å²) in [6.45, 7) is 2.43. The molecule has 0 amide bonds. The number of ether oxygens (including phenoxy) is 4. The monoisotopic (exact) mass is 396 g/mol. The van der Waals surface area contributed by atoms with Gasteiger partial charge in [-0.1, -0.05) is 21.6 Å². The lowest BCUT2D eigenvalue weighted by molar-refractivity contribution is 0.152. The van der Waals surface area contributed by atoms with Crippen LogP contribution in [-0.2, 0) is 18.9 Å². The van der Waals surface area contributed by atoms with Crippen LogP contribution in [0.5, 0.6) is 0 Å². The lowest BCUT2D eigenvalue weighted by Gasteiger charge is -2.05. The van der Waals surface area contributed by atoms with Crippen molar-refractivity contribution in [3.05, 3.63) is 0 Å². The fourth-order valence-electron chi connectivity index (χ4n) is 1.04. The van der Waals surface area contributed by atoms with Crippen LogP contribution in [0.15, 0.2) is 0 Å². The van der Waals surface area contributed by atoms with Crippen molar-refractivity contribution in [2.24, 2.45) is 0 Å². The molecule has 0 bridgehead atoms. The van der Waals surface area contributed by atoms with E-state index in [4.69, 9.17) is 29.8 Å². The molecule has 22 heavy (non-hydrogen) atoms. The van der Waals surface area contributed by atoms with E-state index in [9.17, 15) is 0 Å². The van der Waals surface area contributed by atoms with Crippen LogP contribution in [0.4, 0.5) is 0 Å². The molecule has 0 aliphatic carbocycles. The standard InChI is InChI=1S/C12H24N2O4S2.2ClH/c1-15-11(13)3-5-17-7-9-19-20-10-8-18-6-4-12(14)16-2;;/h13-14H,3-10H2,1-2H3;2*1H. The van der Waals surface area contributed by atoms with Crippen LogP contribution in [0, 0.1) is 10.8 Å². The van der Waals surface area contributed by atoms with Crippen LogP contribution in [0.3, 0.4) is 0 Å². The largest absolute Gasteiger partial charge is 0.484 e. The lowest BCUT2D eigenvalue weighted by atomic mass is 10.4. The molecule has 0 fully saturated rings. The number of hydrogen-bond donors (Lipinski definition) is 2. The fraction of sp³-hybridized carbons (Fsp3) is 0.833. The van der Waals surface area contributed by atoms with Gasteiger partial charge in [0.1, 0.15) is 0 Å². The van der Waals surface area contributed by atoms with Crippen molar-refractivity contribution in [2.75, 3.05) is 52.2 Å². The summed E-state index contributed by atoms with van der Waals surface area (Å²) in [5, 5.41) is 14.5. The third kappa shape index (κ3) is 20.1. The van der Waals surface area contributed by atoms with Crippen LogP contribution in [0.1, 0.15) is 12.8 Å². The maximum Gasteiger partial charge on any atom is 0.182 e. The molecule has 0 unspecified atom stereocenters. The van der Waals surface area contributed by atoms with Gasteiger partial charge < -0.3 is 18.9 Å². The van der Waals surface area contributed by atoms with E-state index in [-0.39, 0.29) is 36.6 Å². The zero-order valence-corrected chi connectivity index (χ0v) is 16.2. The highest BCUT2D eigenvalue weighted by Crippen LogP contribution is 2.20. The number of rotatable bonds is 13. The molecule has 0 saturated heterocycles. The predicted molar refractivity (Wildman–Crippen MR) is 99.8 cm³/mol. The van der Waals surface area contributed by atoms with E-state index >= 15 is 0 Å². The van der Waals surface area contributed by atoms with E-state index in [0.717, 1.165) is 11.5 Å². The van der Waals surface area contributed by atoms with Gasteiger partial charge >= 0.3 is 0 Å². The van der Waals surface area contributed by atoms with E-state index in [1.165, 1.54) is 14.2 Å². The van der Waals surface area contributed by atoms with Gasteiger partial charge in [-0.2, -0.15) is 0 Å². The zero-order chi connectivity index (χ0) is 15.1. The number of halogens is 2. The summed E-state index contributed by atoms with van der Waals surface area (Å²) in [6.07, 6.45) is 1.05. The van der Waals surface area contributed by atoms with Crippen molar-refractivity contribution in [1.82, 2.24) is 0 Å². The Balaban J connectivity index is -0.00000180. The zero-order valence-electron chi connectivity index (χ0n) is 12.9. The summed E-state index contributed by atoms with van der Waals surface area (Å²) >= 11 is 0. The third-order valence-electron chi connectivity index (χ3n) is 2.15. The van der Waals surface area contributed by atoms with Gasteiger partial charge in [-0.3, -0.25) is 10.8 Å². The molecule has 10 heteroatoms. The smallest absolute Gasteiger partial charge is 0.182 e. The van der Waals surface area contributed by atoms with Crippen molar-refractivity contribution in [3.63, 3.8) is 0 Å². The fourth-order valence-corrected chi connectivity index (χ4v) is 2.76. The highest BCUT2D eigenvalue weighted by atomic mass is 35.5. The summed E-state index contributed by atoms with van der Waals surface area (Å²) < 4.78 is 20.2. The minimum absolute atomic E-state index is 0. The molecule has 0 aromatic carbocycles. The Bertz CT molecular complexity index is 252. The van der Waals surface area contributed by atoms with Gasteiger partial charge in [0.15, 0.2) is 11.8 Å². The minimum Gasteiger partial charge on any atom is -0.484 e. The molecule has 0 aromatic heterocycles. The Morgan fingerprint density at radius 2 is 1.09 bits per heavy atom. The second-order valence-corrected chi connectivity index (χ2v) is 6.33. The molecule has 6 nitrogen and oxygen atoms in total. The van der Waals surface area contributed by atoms with Crippen LogP contribution in [0.2, 0.25) is 0 Å². The number of nitrogens with one attached hydrogen (secondary N) is 2. The first kappa shape index (κ1) is 27.0. The Kier molecular flexibility index (Phi) is 26.0. The minimum atomic E-state index is 0. The summed E-state index contributed by atoms with van der Waals surface area (Å²) in [4.78, 5) is 0. The van der Waals surface area contributed by atoms with Crippen molar-refractivity contribution in [2.45, 2.75) is 12.8 Å².